The van der Waals surface area contributed by atoms with Crippen LogP contribution in [0.4, 0.5) is 5.69 Å². The van der Waals surface area contributed by atoms with Crippen LogP contribution in [0.25, 0.3) is 10.9 Å². The summed E-state index contributed by atoms with van der Waals surface area (Å²) in [4.78, 5) is 0. The van der Waals surface area contributed by atoms with E-state index in [9.17, 15) is 5.26 Å². The van der Waals surface area contributed by atoms with Crippen LogP contribution < -0.4 is 5.32 Å². The summed E-state index contributed by atoms with van der Waals surface area (Å²) in [5.74, 6) is 2.32. The van der Waals surface area contributed by atoms with Gasteiger partial charge in [0, 0.05) is 17.2 Å². The highest BCUT2D eigenvalue weighted by Gasteiger charge is 2.17. The highest BCUT2D eigenvalue weighted by atomic mass is 32.2. The molecule has 1 aromatic heterocycles. The predicted octanol–water partition coefficient (Wildman–Crippen LogP) is 2.81. The highest BCUT2D eigenvalue weighted by molar-refractivity contribution is 7.99. The number of benzene rings is 1. The molecule has 5 heteroatoms. The van der Waals surface area contributed by atoms with E-state index in [4.69, 9.17) is 0 Å². The summed E-state index contributed by atoms with van der Waals surface area (Å²) < 4.78 is 0. The number of aromatic nitrogens is 2. The molecule has 4 nitrogen and oxygen atoms in total. The van der Waals surface area contributed by atoms with Gasteiger partial charge in [-0.3, -0.25) is 0 Å². The predicted molar refractivity (Wildman–Crippen MR) is 78.2 cm³/mol. The fourth-order valence-electron chi connectivity index (χ4n) is 2.34. The molecule has 1 aromatic carbocycles. The molecule has 1 N–H and O–H groups in total. The van der Waals surface area contributed by atoms with Crippen LogP contribution in [-0.4, -0.2) is 27.7 Å². The molecule has 19 heavy (non-hydrogen) atoms. The molecule has 0 aliphatic carbocycles. The van der Waals surface area contributed by atoms with Crippen molar-refractivity contribution in [2.45, 2.75) is 18.9 Å². The van der Waals surface area contributed by atoms with E-state index in [0.717, 1.165) is 28.8 Å². The van der Waals surface area contributed by atoms with Crippen molar-refractivity contribution in [2.75, 3.05) is 16.8 Å². The Morgan fingerprint density at radius 1 is 1.32 bits per heavy atom. The molecule has 3 rings (SSSR count). The van der Waals surface area contributed by atoms with Gasteiger partial charge in [-0.05, 0) is 24.7 Å². The molecule has 2 heterocycles. The molecule has 2 aromatic rings. The van der Waals surface area contributed by atoms with E-state index in [0.29, 0.717) is 11.7 Å². The molecule has 0 saturated carbocycles. The van der Waals surface area contributed by atoms with Gasteiger partial charge in [-0.2, -0.15) is 17.0 Å². The molecule has 1 atom stereocenters. The van der Waals surface area contributed by atoms with E-state index in [1.165, 1.54) is 12.2 Å². The normalized spacial score (nSPS) is 19.0. The van der Waals surface area contributed by atoms with Crippen molar-refractivity contribution in [1.82, 2.24) is 10.2 Å². The van der Waals surface area contributed by atoms with Crippen molar-refractivity contribution in [2.24, 2.45) is 0 Å². The van der Waals surface area contributed by atoms with Gasteiger partial charge in [0.15, 0.2) is 5.69 Å². The van der Waals surface area contributed by atoms with Crippen LogP contribution in [0.5, 0.6) is 0 Å². The lowest BCUT2D eigenvalue weighted by atomic mass is 10.1. The molecule has 0 spiro atoms. The lowest BCUT2D eigenvalue weighted by Crippen LogP contribution is -2.26. The Morgan fingerprint density at radius 2 is 2.21 bits per heavy atom. The summed E-state index contributed by atoms with van der Waals surface area (Å²) >= 11 is 1.96. The first kappa shape index (κ1) is 12.2. The summed E-state index contributed by atoms with van der Waals surface area (Å²) in [5, 5.41) is 21.8. The first-order valence-corrected chi connectivity index (χ1v) is 7.54. The van der Waals surface area contributed by atoms with Crippen LogP contribution in [0.1, 0.15) is 18.5 Å². The summed E-state index contributed by atoms with van der Waals surface area (Å²) in [6.45, 7) is 0. The van der Waals surface area contributed by atoms with Gasteiger partial charge >= 0.3 is 0 Å². The standard InChI is InChI=1S/C14H14N4S/c15-8-13-14(16-10-4-3-7-19-9-10)11-5-1-2-6-12(11)17-18-13/h1-2,5-6,10H,3-4,7,9H2,(H,16,17). The molecular weight excluding hydrogens is 256 g/mol. The number of nitrogens with zero attached hydrogens (tertiary/aromatic N) is 3. The Morgan fingerprint density at radius 3 is 3.00 bits per heavy atom. The second-order valence-electron chi connectivity index (χ2n) is 4.61. The zero-order chi connectivity index (χ0) is 13.1. The minimum Gasteiger partial charge on any atom is -0.379 e. The minimum atomic E-state index is 0.384. The monoisotopic (exact) mass is 270 g/mol. The fourth-order valence-corrected chi connectivity index (χ4v) is 3.41. The average Bonchev–Trinajstić information content (AvgIpc) is 2.49. The third kappa shape index (κ3) is 2.49. The maximum Gasteiger partial charge on any atom is 0.186 e. The molecule has 1 fully saturated rings. The number of nitrogens with one attached hydrogen (secondary N) is 1. The van der Waals surface area contributed by atoms with Gasteiger partial charge in [0.25, 0.3) is 0 Å². The van der Waals surface area contributed by atoms with Gasteiger partial charge in [-0.25, -0.2) is 0 Å². The van der Waals surface area contributed by atoms with Crippen LogP contribution in [-0.2, 0) is 0 Å². The zero-order valence-electron chi connectivity index (χ0n) is 10.5. The number of hydrogen-bond donors (Lipinski definition) is 1. The molecule has 1 saturated heterocycles. The Bertz CT molecular complexity index is 629. The summed E-state index contributed by atoms with van der Waals surface area (Å²) in [6.07, 6.45) is 2.37. The maximum atomic E-state index is 9.21. The first-order valence-electron chi connectivity index (χ1n) is 6.38. The van der Waals surface area contributed by atoms with Gasteiger partial charge in [-0.1, -0.05) is 18.2 Å². The average molecular weight is 270 g/mol. The number of fused-ring (bicyclic) bond motifs is 1. The Kier molecular flexibility index (Phi) is 3.51. The lowest BCUT2D eigenvalue weighted by Gasteiger charge is -2.24. The Balaban J connectivity index is 2.02. The van der Waals surface area contributed by atoms with Crippen molar-refractivity contribution in [3.63, 3.8) is 0 Å². The van der Waals surface area contributed by atoms with Crippen LogP contribution in [0.2, 0.25) is 0 Å². The number of thioether (sulfide) groups is 1. The van der Waals surface area contributed by atoms with Gasteiger partial charge in [0.1, 0.15) is 6.07 Å². The summed E-state index contributed by atoms with van der Waals surface area (Å²) in [5.41, 5.74) is 2.04. The van der Waals surface area contributed by atoms with Crippen LogP contribution in [0, 0.1) is 11.3 Å². The van der Waals surface area contributed by atoms with Crippen LogP contribution >= 0.6 is 11.8 Å². The maximum absolute atomic E-state index is 9.21. The summed E-state index contributed by atoms with van der Waals surface area (Å²) in [6, 6.07) is 10.4. The van der Waals surface area contributed by atoms with Crippen LogP contribution in [0.15, 0.2) is 24.3 Å². The van der Waals surface area contributed by atoms with Gasteiger partial charge in [-0.15, -0.1) is 10.2 Å². The zero-order valence-corrected chi connectivity index (χ0v) is 11.3. The van der Waals surface area contributed by atoms with Crippen molar-refractivity contribution in [3.8, 4) is 6.07 Å². The molecule has 1 aliphatic heterocycles. The Hall–Kier alpha value is -1.80. The lowest BCUT2D eigenvalue weighted by molar-refractivity contribution is 0.685. The number of nitriles is 1. The number of hydrogen-bond acceptors (Lipinski definition) is 5. The highest BCUT2D eigenvalue weighted by Crippen LogP contribution is 2.27. The van der Waals surface area contributed by atoms with Gasteiger partial charge in [0.2, 0.25) is 0 Å². The molecular formula is C14H14N4S. The van der Waals surface area contributed by atoms with Gasteiger partial charge in [0.05, 0.1) is 11.2 Å². The number of rotatable bonds is 2. The van der Waals surface area contributed by atoms with Crippen molar-refractivity contribution < 1.29 is 0 Å². The van der Waals surface area contributed by atoms with E-state index in [1.807, 2.05) is 36.0 Å². The largest absolute Gasteiger partial charge is 0.379 e. The molecule has 0 amide bonds. The second kappa shape index (κ2) is 5.45. The molecule has 0 radical (unpaired) electrons. The van der Waals surface area contributed by atoms with Crippen molar-refractivity contribution >= 4 is 28.4 Å². The molecule has 1 unspecified atom stereocenters. The third-order valence-corrected chi connectivity index (χ3v) is 4.50. The Labute approximate surface area is 116 Å². The van der Waals surface area contributed by atoms with E-state index in [2.05, 4.69) is 21.6 Å². The minimum absolute atomic E-state index is 0.384. The van der Waals surface area contributed by atoms with Crippen LogP contribution in [0.3, 0.4) is 0 Å². The SMILES string of the molecule is N#Cc1nnc2ccccc2c1NC1CCCSC1. The smallest absolute Gasteiger partial charge is 0.186 e. The fraction of sp³-hybridized carbons (Fsp3) is 0.357. The van der Waals surface area contributed by atoms with Gasteiger partial charge < -0.3 is 5.32 Å². The van der Waals surface area contributed by atoms with Crippen molar-refractivity contribution in [3.05, 3.63) is 30.0 Å². The molecule has 96 valence electrons. The van der Waals surface area contributed by atoms with E-state index in [-0.39, 0.29) is 0 Å². The molecule has 0 bridgehead atoms. The van der Waals surface area contributed by atoms with E-state index >= 15 is 0 Å². The quantitative estimate of drug-likeness (QED) is 0.909. The van der Waals surface area contributed by atoms with Crippen molar-refractivity contribution in [1.29, 1.82) is 5.26 Å². The first-order chi connectivity index (χ1) is 9.38. The van der Waals surface area contributed by atoms with E-state index < -0.39 is 0 Å². The molecule has 1 aliphatic rings. The van der Waals surface area contributed by atoms with E-state index in [1.54, 1.807) is 0 Å². The second-order valence-corrected chi connectivity index (χ2v) is 5.76. The summed E-state index contributed by atoms with van der Waals surface area (Å²) in [7, 11) is 0. The third-order valence-electron chi connectivity index (χ3n) is 3.28. The topological polar surface area (TPSA) is 61.6 Å². The number of anilines is 1.